The number of hydrogen-bond donors (Lipinski definition) is 4. The summed E-state index contributed by atoms with van der Waals surface area (Å²) in [7, 11) is 0. The number of benzene rings is 1. The van der Waals surface area contributed by atoms with E-state index in [1.54, 1.807) is 38.1 Å². The minimum Gasteiger partial charge on any atom is -0.394 e. The molecule has 26 heavy (non-hydrogen) atoms. The predicted octanol–water partition coefficient (Wildman–Crippen LogP) is 2.05. The molecule has 1 aromatic carbocycles. The van der Waals surface area contributed by atoms with Crippen LogP contribution in [-0.2, 0) is 4.79 Å². The van der Waals surface area contributed by atoms with Gasteiger partial charge >= 0.3 is 12.1 Å². The van der Waals surface area contributed by atoms with Crippen molar-refractivity contribution in [2.45, 2.75) is 45.7 Å². The van der Waals surface area contributed by atoms with Crippen molar-refractivity contribution in [2.75, 3.05) is 16.8 Å². The first-order valence-electron chi connectivity index (χ1n) is 8.59. The highest BCUT2D eigenvalue weighted by molar-refractivity contribution is 6.23. The van der Waals surface area contributed by atoms with E-state index in [2.05, 4.69) is 16.0 Å². The average molecular weight is 362 g/mol. The Balaban J connectivity index is 2.09. The molecule has 1 fully saturated rings. The van der Waals surface area contributed by atoms with Gasteiger partial charge in [-0.05, 0) is 44.4 Å². The van der Waals surface area contributed by atoms with Gasteiger partial charge in [0.05, 0.1) is 18.3 Å². The van der Waals surface area contributed by atoms with Crippen LogP contribution in [0.4, 0.5) is 21.0 Å². The summed E-state index contributed by atoms with van der Waals surface area (Å²) in [5.74, 6) is -0.0276. The molecule has 8 nitrogen and oxygen atoms in total. The third-order valence-corrected chi connectivity index (χ3v) is 4.03. The largest absolute Gasteiger partial charge is 0.394 e. The van der Waals surface area contributed by atoms with Gasteiger partial charge in [0.25, 0.3) is 5.91 Å². The van der Waals surface area contributed by atoms with Crippen LogP contribution in [-0.4, -0.2) is 41.3 Å². The highest BCUT2D eigenvalue weighted by Crippen LogP contribution is 2.26. The predicted molar refractivity (Wildman–Crippen MR) is 99.0 cm³/mol. The van der Waals surface area contributed by atoms with E-state index in [0.717, 1.165) is 4.90 Å². The van der Waals surface area contributed by atoms with Crippen molar-refractivity contribution in [1.29, 1.82) is 0 Å². The number of amides is 5. The number of aliphatic hydroxyl groups is 1. The molecule has 8 heteroatoms. The summed E-state index contributed by atoms with van der Waals surface area (Å²) < 4.78 is 0. The molecule has 1 aliphatic rings. The molecule has 1 unspecified atom stereocenters. The van der Waals surface area contributed by atoms with Gasteiger partial charge in [-0.2, -0.15) is 0 Å². The van der Waals surface area contributed by atoms with Crippen LogP contribution in [0.1, 0.15) is 34.1 Å². The zero-order chi connectivity index (χ0) is 19.5. The third kappa shape index (κ3) is 4.51. The van der Waals surface area contributed by atoms with Crippen molar-refractivity contribution >= 4 is 29.3 Å². The molecule has 0 bridgehead atoms. The lowest BCUT2D eigenvalue weighted by Gasteiger charge is -2.19. The van der Waals surface area contributed by atoms with Crippen LogP contribution in [0.15, 0.2) is 24.3 Å². The van der Waals surface area contributed by atoms with E-state index in [4.69, 9.17) is 0 Å². The van der Waals surface area contributed by atoms with Gasteiger partial charge in [0.15, 0.2) is 0 Å². The number of nitrogens with one attached hydrogen (secondary N) is 3. The molecule has 4 N–H and O–H groups in total. The second kappa shape index (κ2) is 7.74. The van der Waals surface area contributed by atoms with E-state index in [1.807, 2.05) is 13.8 Å². The van der Waals surface area contributed by atoms with Gasteiger partial charge in [-0.25, -0.2) is 14.5 Å². The van der Waals surface area contributed by atoms with E-state index in [-0.39, 0.29) is 18.6 Å². The molecule has 0 aromatic heterocycles. The summed E-state index contributed by atoms with van der Waals surface area (Å²) in [5.41, 5.74) is -0.161. The van der Waals surface area contributed by atoms with E-state index in [1.165, 1.54) is 0 Å². The lowest BCUT2D eigenvalue weighted by Crippen LogP contribution is -2.41. The standard InChI is InChI=1S/C18H26N4O4/c1-11(2)8-13(10-23)20-16(25)19-12-6-5-7-14(9-12)22-15(24)18(3,4)21-17(22)26/h5-7,9,11,13,23H,8,10H2,1-4H3,(H,21,26)(H2,19,20,25). The Morgan fingerprint density at radius 1 is 1.31 bits per heavy atom. The molecule has 142 valence electrons. The van der Waals surface area contributed by atoms with Gasteiger partial charge in [0.1, 0.15) is 5.54 Å². The van der Waals surface area contributed by atoms with Crippen molar-refractivity contribution in [3.05, 3.63) is 24.3 Å². The molecule has 0 spiro atoms. The Kier molecular flexibility index (Phi) is 5.86. The molecule has 2 rings (SSSR count). The fourth-order valence-corrected chi connectivity index (χ4v) is 2.81. The van der Waals surface area contributed by atoms with Crippen molar-refractivity contribution < 1.29 is 19.5 Å². The molecule has 1 saturated heterocycles. The maximum atomic E-state index is 12.4. The minimum absolute atomic E-state index is 0.150. The Hall–Kier alpha value is -2.61. The number of nitrogens with zero attached hydrogens (tertiary/aromatic N) is 1. The van der Waals surface area contributed by atoms with Crippen molar-refractivity contribution in [2.24, 2.45) is 5.92 Å². The summed E-state index contributed by atoms with van der Waals surface area (Å²) in [4.78, 5) is 37.6. The highest BCUT2D eigenvalue weighted by atomic mass is 16.3. The average Bonchev–Trinajstić information content (AvgIpc) is 2.74. The molecular formula is C18H26N4O4. The number of rotatable bonds is 6. The SMILES string of the molecule is CC(C)CC(CO)NC(=O)Nc1cccc(N2C(=O)NC(C)(C)C2=O)c1. The summed E-state index contributed by atoms with van der Waals surface area (Å²) in [6.45, 7) is 7.12. The van der Waals surface area contributed by atoms with Crippen LogP contribution in [0, 0.1) is 5.92 Å². The molecule has 0 saturated carbocycles. The van der Waals surface area contributed by atoms with Crippen LogP contribution in [0.5, 0.6) is 0 Å². The molecule has 0 aliphatic carbocycles. The summed E-state index contributed by atoms with van der Waals surface area (Å²) in [5, 5.41) is 17.3. The van der Waals surface area contributed by atoms with Gasteiger partial charge in [-0.1, -0.05) is 19.9 Å². The number of urea groups is 2. The first kappa shape index (κ1) is 19.7. The summed E-state index contributed by atoms with van der Waals surface area (Å²) >= 11 is 0. The lowest BCUT2D eigenvalue weighted by molar-refractivity contribution is -0.121. The fraction of sp³-hybridized carbons (Fsp3) is 0.500. The molecule has 1 aliphatic heterocycles. The highest BCUT2D eigenvalue weighted by Gasteiger charge is 2.45. The van der Waals surface area contributed by atoms with Gasteiger partial charge in [0.2, 0.25) is 0 Å². The number of imide groups is 1. The van der Waals surface area contributed by atoms with Crippen LogP contribution in [0.25, 0.3) is 0 Å². The Labute approximate surface area is 152 Å². The Morgan fingerprint density at radius 3 is 2.54 bits per heavy atom. The smallest absolute Gasteiger partial charge is 0.329 e. The zero-order valence-corrected chi connectivity index (χ0v) is 15.5. The maximum absolute atomic E-state index is 12.4. The van der Waals surface area contributed by atoms with Gasteiger partial charge in [0, 0.05) is 5.69 Å². The van der Waals surface area contributed by atoms with E-state index in [0.29, 0.717) is 23.7 Å². The first-order valence-corrected chi connectivity index (χ1v) is 8.59. The minimum atomic E-state index is -0.969. The third-order valence-electron chi connectivity index (χ3n) is 4.03. The van der Waals surface area contributed by atoms with Crippen molar-refractivity contribution in [3.63, 3.8) is 0 Å². The van der Waals surface area contributed by atoms with E-state index in [9.17, 15) is 19.5 Å². The second-order valence-electron chi connectivity index (χ2n) is 7.35. The zero-order valence-electron chi connectivity index (χ0n) is 15.5. The monoisotopic (exact) mass is 362 g/mol. The number of hydrogen-bond acceptors (Lipinski definition) is 4. The summed E-state index contributed by atoms with van der Waals surface area (Å²) in [6.07, 6.45) is 0.654. The fourth-order valence-electron chi connectivity index (χ4n) is 2.81. The lowest BCUT2D eigenvalue weighted by atomic mass is 10.0. The van der Waals surface area contributed by atoms with E-state index < -0.39 is 17.6 Å². The van der Waals surface area contributed by atoms with Crippen LogP contribution in [0.2, 0.25) is 0 Å². The van der Waals surface area contributed by atoms with Crippen LogP contribution in [0.3, 0.4) is 0 Å². The van der Waals surface area contributed by atoms with Gasteiger partial charge < -0.3 is 21.1 Å². The maximum Gasteiger partial charge on any atom is 0.329 e. The quantitative estimate of drug-likeness (QED) is 0.580. The number of carbonyl (C=O) groups excluding carboxylic acids is 3. The molecule has 5 amide bonds. The van der Waals surface area contributed by atoms with Gasteiger partial charge in [-0.15, -0.1) is 0 Å². The normalized spacial score (nSPS) is 17.2. The Bertz CT molecular complexity index is 702. The first-order chi connectivity index (χ1) is 12.1. The van der Waals surface area contributed by atoms with Crippen molar-refractivity contribution in [1.82, 2.24) is 10.6 Å². The number of carbonyl (C=O) groups is 3. The van der Waals surface area contributed by atoms with Gasteiger partial charge in [-0.3, -0.25) is 4.79 Å². The molecule has 1 heterocycles. The molecular weight excluding hydrogens is 336 g/mol. The Morgan fingerprint density at radius 2 is 2.00 bits per heavy atom. The second-order valence-corrected chi connectivity index (χ2v) is 7.35. The molecule has 0 radical (unpaired) electrons. The number of aliphatic hydroxyl groups excluding tert-OH is 1. The van der Waals surface area contributed by atoms with Crippen molar-refractivity contribution in [3.8, 4) is 0 Å². The van der Waals surface area contributed by atoms with Crippen LogP contribution < -0.4 is 20.9 Å². The molecule has 1 aromatic rings. The number of anilines is 2. The topological polar surface area (TPSA) is 111 Å². The molecule has 1 atom stereocenters. The summed E-state index contributed by atoms with van der Waals surface area (Å²) in [6, 6.07) is 5.17. The van der Waals surface area contributed by atoms with Crippen LogP contribution >= 0.6 is 0 Å². The van der Waals surface area contributed by atoms with E-state index >= 15 is 0 Å².